The van der Waals surface area contributed by atoms with Crippen LogP contribution >= 0.6 is 0 Å². The summed E-state index contributed by atoms with van der Waals surface area (Å²) in [6, 6.07) is 7.48. The van der Waals surface area contributed by atoms with Crippen LogP contribution < -0.4 is 5.73 Å². The quantitative estimate of drug-likeness (QED) is 0.813. The molecule has 0 saturated heterocycles. The first-order valence-electron chi connectivity index (χ1n) is 8.47. The van der Waals surface area contributed by atoms with Gasteiger partial charge in [0.25, 0.3) is 0 Å². The fourth-order valence-corrected chi connectivity index (χ4v) is 3.41. The molecule has 0 radical (unpaired) electrons. The third kappa shape index (κ3) is 3.18. The van der Waals surface area contributed by atoms with Crippen LogP contribution in [0, 0.1) is 18.3 Å². The molecule has 1 saturated carbocycles. The largest absolute Gasteiger partial charge is 0.507 e. The monoisotopic (exact) mass is 322 g/mol. The number of benzene rings is 1. The summed E-state index contributed by atoms with van der Waals surface area (Å²) < 4.78 is 0. The molecule has 0 unspecified atom stereocenters. The maximum Gasteiger partial charge on any atom is 0.165 e. The topological polar surface area (TPSA) is 95.8 Å². The number of hydrogen-bond acceptors (Lipinski definition) is 5. The van der Waals surface area contributed by atoms with Crippen LogP contribution in [0.1, 0.15) is 61.3 Å². The molecule has 0 bridgehead atoms. The van der Waals surface area contributed by atoms with Crippen LogP contribution in [0.25, 0.3) is 11.4 Å². The number of hydrogen-bond donors (Lipinski definition) is 2. The van der Waals surface area contributed by atoms with E-state index in [0.717, 1.165) is 36.9 Å². The molecule has 3 N–H and O–H groups in total. The van der Waals surface area contributed by atoms with Gasteiger partial charge in [-0.05, 0) is 31.9 Å². The Morgan fingerprint density at radius 2 is 1.88 bits per heavy atom. The van der Waals surface area contributed by atoms with Crippen LogP contribution in [-0.2, 0) is 0 Å². The summed E-state index contributed by atoms with van der Waals surface area (Å²) in [7, 11) is 0. The summed E-state index contributed by atoms with van der Waals surface area (Å²) in [4.78, 5) is 8.95. The predicted octanol–water partition coefficient (Wildman–Crippen LogP) is 4.05. The zero-order chi connectivity index (χ0) is 17.1. The molecule has 24 heavy (non-hydrogen) atoms. The molecule has 1 aromatic heterocycles. The Morgan fingerprint density at radius 3 is 2.54 bits per heavy atom. The van der Waals surface area contributed by atoms with E-state index in [-0.39, 0.29) is 17.5 Å². The molecule has 1 fully saturated rings. The molecule has 0 amide bonds. The van der Waals surface area contributed by atoms with Crippen LogP contribution in [0.3, 0.4) is 0 Å². The third-order valence-corrected chi connectivity index (χ3v) is 4.71. The van der Waals surface area contributed by atoms with E-state index in [1.807, 2.05) is 19.1 Å². The maximum absolute atomic E-state index is 10.2. The molecule has 3 rings (SSSR count). The Balaban J connectivity index is 2.12. The zero-order valence-corrected chi connectivity index (χ0v) is 13.9. The third-order valence-electron chi connectivity index (χ3n) is 4.71. The van der Waals surface area contributed by atoms with E-state index in [2.05, 4.69) is 16.0 Å². The van der Waals surface area contributed by atoms with Crippen molar-refractivity contribution in [1.29, 1.82) is 5.26 Å². The summed E-state index contributed by atoms with van der Waals surface area (Å²) in [5, 5.41) is 19.7. The van der Waals surface area contributed by atoms with Gasteiger partial charge >= 0.3 is 0 Å². The molecule has 1 aromatic carbocycles. The van der Waals surface area contributed by atoms with Crippen LogP contribution in [0.2, 0.25) is 0 Å². The van der Waals surface area contributed by atoms with Gasteiger partial charge in [-0.25, -0.2) is 9.97 Å². The molecule has 1 aliphatic carbocycles. The van der Waals surface area contributed by atoms with E-state index in [4.69, 9.17) is 5.73 Å². The SMILES string of the molecule is Cc1ccc(O)c(-c2nc(N)c(C#N)c(C3CCCCCC3)n2)c1. The summed E-state index contributed by atoms with van der Waals surface area (Å²) in [5.74, 6) is 0.948. The summed E-state index contributed by atoms with van der Waals surface area (Å²) in [5.41, 5.74) is 8.74. The number of aryl methyl sites for hydroxylation is 1. The maximum atomic E-state index is 10.2. The van der Waals surface area contributed by atoms with Crippen molar-refractivity contribution in [3.63, 3.8) is 0 Å². The van der Waals surface area contributed by atoms with Crippen molar-refractivity contribution in [2.24, 2.45) is 0 Å². The Morgan fingerprint density at radius 1 is 1.17 bits per heavy atom. The summed E-state index contributed by atoms with van der Waals surface area (Å²) >= 11 is 0. The highest BCUT2D eigenvalue weighted by Gasteiger charge is 2.23. The number of nitrogen functional groups attached to an aromatic ring is 1. The van der Waals surface area contributed by atoms with Gasteiger partial charge in [0, 0.05) is 5.92 Å². The normalized spacial score (nSPS) is 15.7. The van der Waals surface area contributed by atoms with Gasteiger partial charge in [-0.1, -0.05) is 37.3 Å². The fraction of sp³-hybridized carbons (Fsp3) is 0.421. The number of nitrogens with two attached hydrogens (primary N) is 1. The molecular formula is C19H22N4O. The van der Waals surface area contributed by atoms with Gasteiger partial charge in [0.15, 0.2) is 5.82 Å². The van der Waals surface area contributed by atoms with Crippen LogP contribution in [0.5, 0.6) is 5.75 Å². The van der Waals surface area contributed by atoms with Gasteiger partial charge in [-0.15, -0.1) is 0 Å². The lowest BCUT2D eigenvalue weighted by Gasteiger charge is -2.17. The van der Waals surface area contributed by atoms with E-state index in [9.17, 15) is 10.4 Å². The first kappa shape index (κ1) is 16.3. The highest BCUT2D eigenvalue weighted by atomic mass is 16.3. The van der Waals surface area contributed by atoms with Crippen molar-refractivity contribution in [1.82, 2.24) is 9.97 Å². The van der Waals surface area contributed by atoms with Gasteiger partial charge in [-0.2, -0.15) is 5.26 Å². The molecule has 2 aromatic rings. The Labute approximate surface area is 142 Å². The number of aromatic nitrogens is 2. The lowest BCUT2D eigenvalue weighted by molar-refractivity contribution is 0.476. The van der Waals surface area contributed by atoms with Gasteiger partial charge < -0.3 is 10.8 Å². The van der Waals surface area contributed by atoms with E-state index >= 15 is 0 Å². The van der Waals surface area contributed by atoms with Crippen molar-refractivity contribution in [2.75, 3.05) is 5.73 Å². The molecule has 124 valence electrons. The van der Waals surface area contributed by atoms with Gasteiger partial charge in [-0.3, -0.25) is 0 Å². The molecule has 0 aliphatic heterocycles. The lowest BCUT2D eigenvalue weighted by Crippen LogP contribution is -2.10. The lowest BCUT2D eigenvalue weighted by atomic mass is 9.93. The van der Waals surface area contributed by atoms with Crippen LogP contribution in [-0.4, -0.2) is 15.1 Å². The predicted molar refractivity (Wildman–Crippen MR) is 93.4 cm³/mol. The first-order chi connectivity index (χ1) is 11.6. The molecule has 5 heteroatoms. The van der Waals surface area contributed by atoms with Crippen molar-refractivity contribution < 1.29 is 5.11 Å². The number of nitriles is 1. The first-order valence-corrected chi connectivity index (χ1v) is 8.47. The highest BCUT2D eigenvalue weighted by Crippen LogP contribution is 2.36. The Kier molecular flexibility index (Phi) is 4.66. The Bertz CT molecular complexity index is 787. The van der Waals surface area contributed by atoms with Gasteiger partial charge in [0.2, 0.25) is 0 Å². The average Bonchev–Trinajstić information content (AvgIpc) is 2.85. The summed E-state index contributed by atoms with van der Waals surface area (Å²) in [6.45, 7) is 1.95. The smallest absolute Gasteiger partial charge is 0.165 e. The standard InChI is InChI=1S/C19H22N4O/c1-12-8-9-16(24)14(10-12)19-22-17(15(11-20)18(21)23-19)13-6-4-2-3-5-7-13/h8-10,13,24H,2-7H2,1H3,(H2,21,22,23). The minimum atomic E-state index is 0.122. The average molecular weight is 322 g/mol. The number of anilines is 1. The summed E-state index contributed by atoms with van der Waals surface area (Å²) in [6.07, 6.45) is 6.78. The van der Waals surface area contributed by atoms with E-state index in [1.54, 1.807) is 6.07 Å². The molecule has 1 heterocycles. The van der Waals surface area contributed by atoms with Crippen molar-refractivity contribution >= 4 is 5.82 Å². The number of nitrogens with zero attached hydrogens (tertiary/aromatic N) is 3. The van der Waals surface area contributed by atoms with Crippen LogP contribution in [0.15, 0.2) is 18.2 Å². The molecule has 1 aliphatic rings. The van der Waals surface area contributed by atoms with Crippen molar-refractivity contribution in [2.45, 2.75) is 51.4 Å². The van der Waals surface area contributed by atoms with Crippen LogP contribution in [0.4, 0.5) is 5.82 Å². The zero-order valence-electron chi connectivity index (χ0n) is 13.9. The molecule has 5 nitrogen and oxygen atoms in total. The van der Waals surface area contributed by atoms with E-state index in [1.165, 1.54) is 12.8 Å². The van der Waals surface area contributed by atoms with E-state index in [0.29, 0.717) is 17.0 Å². The second-order valence-corrected chi connectivity index (χ2v) is 6.51. The molecule has 0 spiro atoms. The minimum Gasteiger partial charge on any atom is -0.507 e. The molecular weight excluding hydrogens is 300 g/mol. The number of aromatic hydroxyl groups is 1. The van der Waals surface area contributed by atoms with Crippen molar-refractivity contribution in [3.05, 3.63) is 35.0 Å². The number of phenolic OH excluding ortho intramolecular Hbond substituents is 1. The number of phenols is 1. The second-order valence-electron chi connectivity index (χ2n) is 6.51. The Hall–Kier alpha value is -2.61. The number of rotatable bonds is 2. The minimum absolute atomic E-state index is 0.122. The van der Waals surface area contributed by atoms with E-state index < -0.39 is 0 Å². The van der Waals surface area contributed by atoms with Gasteiger partial charge in [0.1, 0.15) is 23.2 Å². The van der Waals surface area contributed by atoms with Gasteiger partial charge in [0.05, 0.1) is 11.3 Å². The van der Waals surface area contributed by atoms with Crippen molar-refractivity contribution in [3.8, 4) is 23.2 Å². The fourth-order valence-electron chi connectivity index (χ4n) is 3.41. The second kappa shape index (κ2) is 6.88. The highest BCUT2D eigenvalue weighted by molar-refractivity contribution is 5.67. The molecule has 0 atom stereocenters.